The Hall–Kier alpha value is -4.92. The maximum absolute atomic E-state index is 15.0. The highest BCUT2D eigenvalue weighted by atomic mass is 35.5. The normalized spacial score (nSPS) is 27.4. The Morgan fingerprint density at radius 1 is 1.02 bits per heavy atom. The van der Waals surface area contributed by atoms with Crippen molar-refractivity contribution in [2.75, 3.05) is 12.5 Å². The highest BCUT2D eigenvalue weighted by Gasteiger charge is 2.69. The second-order valence-corrected chi connectivity index (χ2v) is 13.6. The minimum atomic E-state index is -4.76. The van der Waals surface area contributed by atoms with E-state index in [1.807, 2.05) is 0 Å². The van der Waals surface area contributed by atoms with E-state index >= 15 is 4.79 Å². The zero-order valence-corrected chi connectivity index (χ0v) is 27.9. The van der Waals surface area contributed by atoms with Crippen molar-refractivity contribution >= 4 is 58.7 Å². The fourth-order valence-electron chi connectivity index (χ4n) is 8.02. The van der Waals surface area contributed by atoms with Gasteiger partial charge < -0.3 is 9.84 Å². The van der Waals surface area contributed by atoms with Crippen LogP contribution in [0.5, 0.6) is 11.5 Å². The lowest BCUT2D eigenvalue weighted by Crippen LogP contribution is -2.54. The summed E-state index contributed by atoms with van der Waals surface area (Å²) in [6.07, 6.45) is 0.859. The Bertz CT molecular complexity index is 2060. The molecule has 2 aromatic carbocycles. The Morgan fingerprint density at radius 3 is 2.41 bits per heavy atom. The summed E-state index contributed by atoms with van der Waals surface area (Å²) in [5, 5.41) is 21.1. The number of hydrogen-bond donors (Lipinski definition) is 3. The quantitative estimate of drug-likeness (QED) is 0.156. The SMILES string of the molecule is COc1cc(C=C[C@H]2C3=CC[C@@H]4C(=O)N(O)C(=O)[C@@H]4[C@@H]3C[C@H]3C(=O)N(Nc4ncc(C(F)(F)F)cc4Cl)C(=O)[C@@]23c2ccc(Cl)cc2)ccc1O. The first-order valence-corrected chi connectivity index (χ1v) is 16.4. The molecule has 0 unspecified atom stereocenters. The van der Waals surface area contributed by atoms with Gasteiger partial charge in [0.1, 0.15) is 0 Å². The largest absolute Gasteiger partial charge is 0.504 e. The number of allylic oxidation sites excluding steroid dienone is 3. The zero-order valence-electron chi connectivity index (χ0n) is 26.4. The van der Waals surface area contributed by atoms with E-state index in [0.29, 0.717) is 39.0 Å². The molecule has 0 spiro atoms. The Labute approximate surface area is 297 Å². The number of hydrogen-bond acceptors (Lipinski definition) is 9. The second-order valence-electron chi connectivity index (χ2n) is 12.7. The molecular formula is C35H27Cl2F3N4O7. The van der Waals surface area contributed by atoms with Crippen molar-refractivity contribution < 1.29 is 47.4 Å². The van der Waals surface area contributed by atoms with Crippen molar-refractivity contribution in [3.63, 3.8) is 0 Å². The molecule has 3 heterocycles. The standard InChI is InChI=1S/C35H27Cl2F3N4O7/c1-51-27-12-16(3-11-26(27)45)2-10-23-20-8-9-21-28(32(48)44(50)30(21)46)22(20)14-24-31(47)43(33(49)34(23,24)17-4-6-19(36)7-5-17)42-29-25(37)13-18(15-41-29)35(38,39)40/h2-8,10-13,15,21-24,28,45,50H,9,14H2,1H3,(H,41,42)/t21-,22+,23-,24-,28-,34-/m0/s1. The summed E-state index contributed by atoms with van der Waals surface area (Å²) in [7, 11) is 1.38. The molecule has 2 aliphatic heterocycles. The summed E-state index contributed by atoms with van der Waals surface area (Å²) < 4.78 is 45.4. The molecule has 3 N–H and O–H groups in total. The molecule has 1 aromatic heterocycles. The number of carbonyl (C=O) groups is 4. The summed E-state index contributed by atoms with van der Waals surface area (Å²) in [5.74, 6) is -8.32. The first-order chi connectivity index (χ1) is 24.2. The number of hydrazine groups is 1. The van der Waals surface area contributed by atoms with Gasteiger partial charge in [0, 0.05) is 17.1 Å². The number of phenolic OH excluding ortho intramolecular Hbond substituents is 1. The molecule has 51 heavy (non-hydrogen) atoms. The number of imide groups is 2. The number of alkyl halides is 3. The first kappa shape index (κ1) is 34.5. The molecule has 4 amide bonds. The smallest absolute Gasteiger partial charge is 0.417 e. The molecule has 7 rings (SSSR count). The number of halogens is 5. The third kappa shape index (κ3) is 5.35. The van der Waals surface area contributed by atoms with Crippen LogP contribution in [0.15, 0.2) is 72.5 Å². The van der Waals surface area contributed by atoms with Crippen LogP contribution in [0.3, 0.4) is 0 Å². The van der Waals surface area contributed by atoms with E-state index in [-0.39, 0.29) is 35.2 Å². The Morgan fingerprint density at radius 2 is 1.75 bits per heavy atom. The predicted molar refractivity (Wildman–Crippen MR) is 175 cm³/mol. The van der Waals surface area contributed by atoms with Crippen LogP contribution in [0, 0.1) is 29.6 Å². The number of fused-ring (bicyclic) bond motifs is 4. The molecule has 3 fully saturated rings. The molecule has 11 nitrogen and oxygen atoms in total. The van der Waals surface area contributed by atoms with Gasteiger partial charge in [0.25, 0.3) is 23.6 Å². The van der Waals surface area contributed by atoms with Crippen molar-refractivity contribution in [1.82, 2.24) is 15.1 Å². The molecule has 264 valence electrons. The van der Waals surface area contributed by atoms with Crippen LogP contribution in [-0.4, -0.2) is 56.1 Å². The van der Waals surface area contributed by atoms with Gasteiger partial charge in [-0.15, -0.1) is 0 Å². The lowest BCUT2D eigenvalue weighted by Gasteiger charge is -2.49. The number of nitrogens with zero attached hydrogens (tertiary/aromatic N) is 3. The molecule has 0 radical (unpaired) electrons. The summed E-state index contributed by atoms with van der Waals surface area (Å²) in [5.41, 5.74) is 1.20. The number of nitrogens with one attached hydrogen (secondary N) is 1. The molecule has 0 bridgehead atoms. The fraction of sp³-hybridized carbons (Fsp3) is 0.286. The Balaban J connectivity index is 1.41. The maximum atomic E-state index is 15.0. The van der Waals surface area contributed by atoms with Crippen molar-refractivity contribution in [3.8, 4) is 11.5 Å². The number of pyridine rings is 1. The van der Waals surface area contributed by atoms with Gasteiger partial charge in [0.2, 0.25) is 0 Å². The molecule has 2 aliphatic carbocycles. The summed E-state index contributed by atoms with van der Waals surface area (Å²) >= 11 is 12.4. The molecule has 6 atom stereocenters. The van der Waals surface area contributed by atoms with Crippen LogP contribution >= 0.6 is 23.2 Å². The van der Waals surface area contributed by atoms with Gasteiger partial charge in [-0.05, 0) is 60.2 Å². The number of rotatable bonds is 6. The molecule has 1 saturated carbocycles. The molecule has 4 aliphatic rings. The van der Waals surface area contributed by atoms with E-state index in [1.165, 1.54) is 13.2 Å². The van der Waals surface area contributed by atoms with Gasteiger partial charge in [-0.3, -0.25) is 29.8 Å². The molecule has 2 saturated heterocycles. The van der Waals surface area contributed by atoms with E-state index in [0.717, 1.165) is 0 Å². The fourth-order valence-corrected chi connectivity index (χ4v) is 8.35. The summed E-state index contributed by atoms with van der Waals surface area (Å²) in [6, 6.07) is 11.5. The minimum absolute atomic E-state index is 0.0754. The van der Waals surface area contributed by atoms with Crippen molar-refractivity contribution in [1.29, 1.82) is 0 Å². The molecule has 16 heteroatoms. The summed E-state index contributed by atoms with van der Waals surface area (Å²) in [6.45, 7) is 0. The average Bonchev–Trinajstić information content (AvgIpc) is 3.45. The van der Waals surface area contributed by atoms with Crippen molar-refractivity contribution in [2.24, 2.45) is 29.6 Å². The number of aromatic nitrogens is 1. The van der Waals surface area contributed by atoms with Gasteiger partial charge in [-0.2, -0.15) is 23.2 Å². The van der Waals surface area contributed by atoms with E-state index in [4.69, 9.17) is 27.9 Å². The third-order valence-corrected chi connectivity index (χ3v) is 10.8. The lowest BCUT2D eigenvalue weighted by molar-refractivity contribution is -0.173. The third-order valence-electron chi connectivity index (χ3n) is 10.3. The number of aromatic hydroxyl groups is 1. The molecular weight excluding hydrogens is 716 g/mol. The van der Waals surface area contributed by atoms with Crippen LogP contribution in [0.4, 0.5) is 19.0 Å². The number of phenols is 1. The van der Waals surface area contributed by atoms with Crippen molar-refractivity contribution in [2.45, 2.75) is 24.4 Å². The lowest BCUT2D eigenvalue weighted by atomic mass is 9.50. The van der Waals surface area contributed by atoms with Crippen LogP contribution in [0.25, 0.3) is 6.08 Å². The van der Waals surface area contributed by atoms with Gasteiger partial charge in [-0.25, -0.2) is 4.98 Å². The topological polar surface area (TPSA) is 149 Å². The number of amides is 4. The number of hydroxylamine groups is 2. The summed E-state index contributed by atoms with van der Waals surface area (Å²) in [4.78, 5) is 59.5. The number of carbonyl (C=O) groups excluding carboxylic acids is 4. The number of methoxy groups -OCH3 is 1. The van der Waals surface area contributed by atoms with E-state index < -0.39 is 75.4 Å². The van der Waals surface area contributed by atoms with E-state index in [1.54, 1.807) is 54.6 Å². The molecule has 3 aromatic rings. The number of anilines is 1. The number of ether oxygens (including phenoxy) is 1. The van der Waals surface area contributed by atoms with Crippen LogP contribution in [0.2, 0.25) is 10.0 Å². The van der Waals surface area contributed by atoms with Gasteiger partial charge in [-0.1, -0.05) is 65.2 Å². The second kappa shape index (κ2) is 12.4. The van der Waals surface area contributed by atoms with Crippen molar-refractivity contribution in [3.05, 3.63) is 99.2 Å². The van der Waals surface area contributed by atoms with E-state index in [9.17, 15) is 37.9 Å². The maximum Gasteiger partial charge on any atom is 0.417 e. The Kier molecular flexibility index (Phi) is 8.39. The van der Waals surface area contributed by atoms with Gasteiger partial charge in [0.05, 0.1) is 40.9 Å². The van der Waals surface area contributed by atoms with E-state index in [2.05, 4.69) is 10.4 Å². The predicted octanol–water partition coefficient (Wildman–Crippen LogP) is 6.04. The van der Waals surface area contributed by atoms with Gasteiger partial charge >= 0.3 is 6.18 Å². The first-order valence-electron chi connectivity index (χ1n) is 15.6. The minimum Gasteiger partial charge on any atom is -0.504 e. The monoisotopic (exact) mass is 742 g/mol. The van der Waals surface area contributed by atoms with Crippen LogP contribution < -0.4 is 10.2 Å². The highest BCUT2D eigenvalue weighted by Crippen LogP contribution is 2.61. The number of benzene rings is 2. The zero-order chi connectivity index (χ0) is 36.6. The van der Waals surface area contributed by atoms with Crippen LogP contribution in [-0.2, 0) is 30.8 Å². The van der Waals surface area contributed by atoms with Gasteiger partial charge in [0.15, 0.2) is 17.3 Å². The highest BCUT2D eigenvalue weighted by molar-refractivity contribution is 6.33. The average molecular weight is 744 g/mol. The van der Waals surface area contributed by atoms with Crippen LogP contribution in [0.1, 0.15) is 29.5 Å².